The van der Waals surface area contributed by atoms with Crippen LogP contribution in [-0.2, 0) is 11.3 Å². The summed E-state index contributed by atoms with van der Waals surface area (Å²) in [5.74, 6) is -0.802. The summed E-state index contributed by atoms with van der Waals surface area (Å²) < 4.78 is 10.2. The minimum absolute atomic E-state index is 0.155. The zero-order valence-corrected chi connectivity index (χ0v) is 13.1. The van der Waals surface area contributed by atoms with Gasteiger partial charge < -0.3 is 19.7 Å². The van der Waals surface area contributed by atoms with Crippen LogP contribution in [0.4, 0.5) is 4.79 Å². The molecular weight excluding hydrogens is 300 g/mol. The van der Waals surface area contributed by atoms with Crippen LogP contribution in [0.5, 0.6) is 0 Å². The summed E-state index contributed by atoms with van der Waals surface area (Å²) in [7, 11) is 0. The van der Waals surface area contributed by atoms with Crippen LogP contribution in [0.3, 0.4) is 0 Å². The number of aromatic carboxylic acids is 1. The standard InChI is InChI=1S/C16H18N2O5/c1-16(2,3)22-15(21)17-9-10-5-4-6-11(7-10)13-8-12(14(19)20)18-23-13/h4-8H,9H2,1-3H3,(H,17,21)(H,19,20). The molecule has 1 amide bonds. The number of carbonyl (C=O) groups excluding carboxylic acids is 1. The van der Waals surface area contributed by atoms with Crippen molar-refractivity contribution in [3.63, 3.8) is 0 Å². The fourth-order valence-electron chi connectivity index (χ4n) is 1.84. The monoisotopic (exact) mass is 318 g/mol. The molecule has 0 aliphatic carbocycles. The van der Waals surface area contributed by atoms with Crippen molar-refractivity contribution in [2.24, 2.45) is 0 Å². The predicted molar refractivity (Wildman–Crippen MR) is 82.0 cm³/mol. The van der Waals surface area contributed by atoms with Crippen molar-refractivity contribution >= 4 is 12.1 Å². The van der Waals surface area contributed by atoms with Gasteiger partial charge in [0.25, 0.3) is 0 Å². The number of aromatic nitrogens is 1. The molecule has 0 bridgehead atoms. The second-order valence-corrected chi connectivity index (χ2v) is 5.94. The summed E-state index contributed by atoms with van der Waals surface area (Å²) in [5, 5.41) is 15.0. The lowest BCUT2D eigenvalue weighted by Gasteiger charge is -2.19. The molecule has 7 nitrogen and oxygen atoms in total. The fourth-order valence-corrected chi connectivity index (χ4v) is 1.84. The minimum Gasteiger partial charge on any atom is -0.476 e. The van der Waals surface area contributed by atoms with Crippen molar-refractivity contribution in [1.82, 2.24) is 10.5 Å². The van der Waals surface area contributed by atoms with Gasteiger partial charge in [-0.05, 0) is 32.4 Å². The number of carbonyl (C=O) groups is 2. The van der Waals surface area contributed by atoms with E-state index < -0.39 is 17.7 Å². The van der Waals surface area contributed by atoms with Crippen LogP contribution in [0.1, 0.15) is 36.8 Å². The summed E-state index contributed by atoms with van der Waals surface area (Å²) in [6.07, 6.45) is -0.504. The van der Waals surface area contributed by atoms with Gasteiger partial charge in [0.1, 0.15) is 5.60 Å². The Kier molecular flexibility index (Phi) is 4.68. The van der Waals surface area contributed by atoms with Crippen molar-refractivity contribution < 1.29 is 24.0 Å². The number of benzene rings is 1. The molecule has 0 radical (unpaired) electrons. The van der Waals surface area contributed by atoms with Gasteiger partial charge in [0.15, 0.2) is 11.5 Å². The fraction of sp³-hybridized carbons (Fsp3) is 0.312. The Bertz CT molecular complexity index is 715. The molecule has 1 aromatic heterocycles. The molecule has 0 aliphatic rings. The molecule has 0 saturated carbocycles. The lowest BCUT2D eigenvalue weighted by Crippen LogP contribution is -2.32. The Morgan fingerprint density at radius 2 is 2.04 bits per heavy atom. The van der Waals surface area contributed by atoms with Gasteiger partial charge in [0.2, 0.25) is 0 Å². The van der Waals surface area contributed by atoms with Crippen LogP contribution in [0.25, 0.3) is 11.3 Å². The summed E-state index contributed by atoms with van der Waals surface area (Å²) in [4.78, 5) is 22.5. The van der Waals surface area contributed by atoms with Crippen molar-refractivity contribution in [3.05, 3.63) is 41.6 Å². The normalized spacial score (nSPS) is 11.1. The molecule has 0 saturated heterocycles. The highest BCUT2D eigenvalue weighted by Gasteiger charge is 2.16. The van der Waals surface area contributed by atoms with Crippen molar-refractivity contribution in [2.45, 2.75) is 32.9 Å². The number of amides is 1. The highest BCUT2D eigenvalue weighted by molar-refractivity contribution is 5.86. The Morgan fingerprint density at radius 1 is 1.30 bits per heavy atom. The average Bonchev–Trinajstić information content (AvgIpc) is 2.94. The zero-order valence-electron chi connectivity index (χ0n) is 13.1. The maximum atomic E-state index is 11.6. The molecule has 7 heteroatoms. The highest BCUT2D eigenvalue weighted by atomic mass is 16.6. The first-order valence-corrected chi connectivity index (χ1v) is 7.01. The quantitative estimate of drug-likeness (QED) is 0.898. The van der Waals surface area contributed by atoms with E-state index in [2.05, 4.69) is 10.5 Å². The van der Waals surface area contributed by atoms with Crippen molar-refractivity contribution in [2.75, 3.05) is 0 Å². The Hall–Kier alpha value is -2.83. The summed E-state index contributed by atoms with van der Waals surface area (Å²) in [6, 6.07) is 8.51. The van der Waals surface area contributed by atoms with E-state index in [4.69, 9.17) is 14.4 Å². The van der Waals surface area contributed by atoms with Crippen LogP contribution in [-0.4, -0.2) is 27.9 Å². The first kappa shape index (κ1) is 16.5. The van der Waals surface area contributed by atoms with E-state index in [0.717, 1.165) is 5.56 Å². The van der Waals surface area contributed by atoms with Crippen molar-refractivity contribution in [3.8, 4) is 11.3 Å². The van der Waals surface area contributed by atoms with Crippen LogP contribution in [0, 0.1) is 0 Å². The predicted octanol–water partition coefficient (Wildman–Crippen LogP) is 3.06. The molecule has 122 valence electrons. The summed E-state index contributed by atoms with van der Waals surface area (Å²) >= 11 is 0. The Morgan fingerprint density at radius 3 is 2.65 bits per heavy atom. The van der Waals surface area contributed by atoms with Crippen LogP contribution < -0.4 is 5.32 Å². The number of alkyl carbamates (subject to hydrolysis) is 1. The van der Waals surface area contributed by atoms with Gasteiger partial charge in [-0.25, -0.2) is 9.59 Å². The van der Waals surface area contributed by atoms with Crippen LogP contribution >= 0.6 is 0 Å². The van der Waals surface area contributed by atoms with Crippen LogP contribution in [0.2, 0.25) is 0 Å². The molecule has 2 aromatic rings. The molecule has 23 heavy (non-hydrogen) atoms. The van der Waals surface area contributed by atoms with Gasteiger partial charge in [-0.3, -0.25) is 0 Å². The van der Waals surface area contributed by atoms with Gasteiger partial charge in [0.05, 0.1) is 0 Å². The van der Waals surface area contributed by atoms with Crippen molar-refractivity contribution in [1.29, 1.82) is 0 Å². The maximum Gasteiger partial charge on any atom is 0.407 e. The van der Waals surface area contributed by atoms with Gasteiger partial charge in [-0.2, -0.15) is 0 Å². The van der Waals surface area contributed by atoms with E-state index in [-0.39, 0.29) is 12.2 Å². The Labute approximate surface area is 133 Å². The number of rotatable bonds is 4. The van der Waals surface area contributed by atoms with Gasteiger partial charge in [0, 0.05) is 18.2 Å². The molecule has 1 aromatic carbocycles. The molecule has 0 spiro atoms. The van der Waals surface area contributed by atoms with E-state index in [9.17, 15) is 9.59 Å². The number of ether oxygens (including phenoxy) is 1. The SMILES string of the molecule is CC(C)(C)OC(=O)NCc1cccc(-c2cc(C(=O)O)no2)c1. The molecule has 2 N–H and O–H groups in total. The lowest BCUT2D eigenvalue weighted by molar-refractivity contribution is 0.0523. The zero-order chi connectivity index (χ0) is 17.0. The topological polar surface area (TPSA) is 102 Å². The second kappa shape index (κ2) is 6.51. The van der Waals surface area contributed by atoms with Gasteiger partial charge >= 0.3 is 12.1 Å². The molecule has 0 aliphatic heterocycles. The number of hydrogen-bond donors (Lipinski definition) is 2. The molecule has 0 atom stereocenters. The van der Waals surface area contributed by atoms with Crippen LogP contribution in [0.15, 0.2) is 34.9 Å². The van der Waals surface area contributed by atoms with E-state index in [1.54, 1.807) is 39.0 Å². The van der Waals surface area contributed by atoms with E-state index in [1.807, 2.05) is 6.07 Å². The highest BCUT2D eigenvalue weighted by Crippen LogP contribution is 2.21. The Balaban J connectivity index is 2.05. The number of carboxylic acid groups (broad SMARTS) is 1. The summed E-state index contributed by atoms with van der Waals surface area (Å²) in [5.41, 5.74) is 0.784. The number of nitrogens with zero attached hydrogens (tertiary/aromatic N) is 1. The maximum absolute atomic E-state index is 11.6. The molecular formula is C16H18N2O5. The second-order valence-electron chi connectivity index (χ2n) is 5.94. The van der Waals surface area contributed by atoms with E-state index in [0.29, 0.717) is 11.3 Å². The van der Waals surface area contributed by atoms with E-state index in [1.165, 1.54) is 6.07 Å². The smallest absolute Gasteiger partial charge is 0.407 e. The van der Waals surface area contributed by atoms with Gasteiger partial charge in [-0.1, -0.05) is 23.4 Å². The minimum atomic E-state index is -1.15. The largest absolute Gasteiger partial charge is 0.476 e. The number of nitrogens with one attached hydrogen (secondary N) is 1. The summed E-state index contributed by atoms with van der Waals surface area (Å²) in [6.45, 7) is 5.65. The molecule has 0 fully saturated rings. The molecule has 1 heterocycles. The number of hydrogen-bond acceptors (Lipinski definition) is 5. The molecule has 0 unspecified atom stereocenters. The molecule has 2 rings (SSSR count). The van der Waals surface area contributed by atoms with Gasteiger partial charge in [-0.15, -0.1) is 0 Å². The first-order chi connectivity index (χ1) is 10.7. The first-order valence-electron chi connectivity index (χ1n) is 7.01. The average molecular weight is 318 g/mol. The third-order valence-electron chi connectivity index (χ3n) is 2.78. The van der Waals surface area contributed by atoms with E-state index >= 15 is 0 Å². The third-order valence-corrected chi connectivity index (χ3v) is 2.78. The number of carboxylic acids is 1. The third kappa shape index (κ3) is 4.84. The lowest BCUT2D eigenvalue weighted by atomic mass is 10.1.